The van der Waals surface area contributed by atoms with Gasteiger partial charge in [-0.15, -0.1) is 0 Å². The first-order chi connectivity index (χ1) is 9.64. The third-order valence-electron chi connectivity index (χ3n) is 4.54. The van der Waals surface area contributed by atoms with Crippen molar-refractivity contribution in [2.24, 2.45) is 16.6 Å². The summed E-state index contributed by atoms with van der Waals surface area (Å²) in [7, 11) is 0. The van der Waals surface area contributed by atoms with Gasteiger partial charge in [-0.25, -0.2) is 0 Å². The third kappa shape index (κ3) is 4.43. The van der Waals surface area contributed by atoms with Crippen LogP contribution in [0.15, 0.2) is 0 Å². The van der Waals surface area contributed by atoms with Crippen molar-refractivity contribution in [3.63, 3.8) is 0 Å². The molecule has 5 nitrogen and oxygen atoms in total. The van der Waals surface area contributed by atoms with Gasteiger partial charge in [-0.3, -0.25) is 9.59 Å². The van der Waals surface area contributed by atoms with Crippen molar-refractivity contribution in [3.8, 4) is 0 Å². The lowest BCUT2D eigenvalue weighted by molar-refractivity contribution is -0.140. The number of rotatable bonds is 4. The maximum Gasteiger partial charge on any atom is 0.227 e. The van der Waals surface area contributed by atoms with Gasteiger partial charge in [0.1, 0.15) is 0 Å². The number of amides is 2. The number of likely N-dealkylation sites (tertiary alicyclic amines) is 1. The molecule has 5 heteroatoms. The maximum absolute atomic E-state index is 12.3. The van der Waals surface area contributed by atoms with Crippen molar-refractivity contribution in [1.82, 2.24) is 10.2 Å². The minimum Gasteiger partial charge on any atom is -0.353 e. The molecule has 0 aromatic carbocycles. The van der Waals surface area contributed by atoms with E-state index in [-0.39, 0.29) is 23.3 Å². The lowest BCUT2D eigenvalue weighted by Gasteiger charge is -2.37. The molecule has 0 aromatic rings. The molecule has 1 atom stereocenters. The van der Waals surface area contributed by atoms with Crippen molar-refractivity contribution in [2.45, 2.75) is 59.9 Å². The van der Waals surface area contributed by atoms with Gasteiger partial charge in [-0.2, -0.15) is 0 Å². The molecule has 0 bridgehead atoms. The van der Waals surface area contributed by atoms with Crippen LogP contribution in [0, 0.1) is 10.8 Å². The highest BCUT2D eigenvalue weighted by molar-refractivity contribution is 5.83. The van der Waals surface area contributed by atoms with Crippen LogP contribution in [-0.2, 0) is 9.59 Å². The van der Waals surface area contributed by atoms with Gasteiger partial charge in [-0.1, -0.05) is 27.7 Å². The number of nitrogens with zero attached hydrogens (tertiary/aromatic N) is 1. The minimum atomic E-state index is -0.488. The average molecular weight is 297 g/mol. The molecule has 1 unspecified atom stereocenters. The largest absolute Gasteiger partial charge is 0.353 e. The number of hydrogen-bond donors (Lipinski definition) is 2. The van der Waals surface area contributed by atoms with E-state index in [1.54, 1.807) is 0 Å². The Morgan fingerprint density at radius 1 is 1.19 bits per heavy atom. The van der Waals surface area contributed by atoms with Crippen molar-refractivity contribution in [1.29, 1.82) is 0 Å². The predicted octanol–water partition coefficient (Wildman–Crippen LogP) is 1.51. The molecule has 0 spiro atoms. The van der Waals surface area contributed by atoms with Gasteiger partial charge in [0, 0.05) is 31.1 Å². The lowest BCUT2D eigenvalue weighted by atomic mass is 9.86. The highest BCUT2D eigenvalue weighted by Crippen LogP contribution is 2.23. The first kappa shape index (κ1) is 18.0. The smallest absolute Gasteiger partial charge is 0.227 e. The summed E-state index contributed by atoms with van der Waals surface area (Å²) in [5, 5.41) is 3.10. The average Bonchev–Trinajstić information content (AvgIpc) is 2.45. The van der Waals surface area contributed by atoms with Crippen molar-refractivity contribution >= 4 is 11.8 Å². The fourth-order valence-electron chi connectivity index (χ4n) is 2.46. The Bertz CT molecular complexity index is 375. The van der Waals surface area contributed by atoms with E-state index in [2.05, 4.69) is 5.32 Å². The summed E-state index contributed by atoms with van der Waals surface area (Å²) in [6.45, 7) is 11.5. The van der Waals surface area contributed by atoms with Gasteiger partial charge in [0.25, 0.3) is 0 Å². The summed E-state index contributed by atoms with van der Waals surface area (Å²) in [6.07, 6.45) is 2.37. The second-order valence-electron chi connectivity index (χ2n) is 7.41. The topological polar surface area (TPSA) is 75.4 Å². The normalized spacial score (nSPS) is 20.0. The van der Waals surface area contributed by atoms with E-state index in [1.165, 1.54) is 0 Å². The second kappa shape index (κ2) is 6.77. The zero-order valence-electron chi connectivity index (χ0n) is 14.2. The van der Waals surface area contributed by atoms with E-state index >= 15 is 0 Å². The van der Waals surface area contributed by atoms with Gasteiger partial charge < -0.3 is 16.0 Å². The molecule has 2 amide bonds. The van der Waals surface area contributed by atoms with Crippen LogP contribution in [0.2, 0.25) is 0 Å². The lowest BCUT2D eigenvalue weighted by Crippen LogP contribution is -2.52. The Labute approximate surface area is 128 Å². The van der Waals surface area contributed by atoms with E-state index in [0.29, 0.717) is 19.6 Å². The third-order valence-corrected chi connectivity index (χ3v) is 4.54. The summed E-state index contributed by atoms with van der Waals surface area (Å²) in [5.74, 6) is 0.223. The molecule has 3 N–H and O–H groups in total. The van der Waals surface area contributed by atoms with Crippen LogP contribution >= 0.6 is 0 Å². The minimum absolute atomic E-state index is 0.0353. The van der Waals surface area contributed by atoms with E-state index in [4.69, 9.17) is 5.73 Å². The number of carbonyl (C=O) groups excluding carboxylic acids is 2. The molecule has 1 fully saturated rings. The standard InChI is InChI=1S/C16H31N3O2/c1-6-16(5,11-17)13(20)18-12-7-9-19(10-8-12)14(21)15(2,3)4/h12H,6-11,17H2,1-5H3,(H,18,20). The van der Waals surface area contributed by atoms with Crippen LogP contribution in [-0.4, -0.2) is 42.4 Å². The number of piperidine rings is 1. The van der Waals surface area contributed by atoms with Gasteiger partial charge in [-0.05, 0) is 26.2 Å². The monoisotopic (exact) mass is 297 g/mol. The molecule has 1 aliphatic rings. The SMILES string of the molecule is CCC(C)(CN)C(=O)NC1CCN(C(=O)C(C)(C)C)CC1. The van der Waals surface area contributed by atoms with Crippen LogP contribution in [0.3, 0.4) is 0 Å². The molecule has 0 aliphatic carbocycles. The molecule has 1 aliphatic heterocycles. The first-order valence-corrected chi connectivity index (χ1v) is 7.94. The maximum atomic E-state index is 12.3. The zero-order valence-corrected chi connectivity index (χ0v) is 14.2. The Balaban J connectivity index is 2.51. The second-order valence-corrected chi connectivity index (χ2v) is 7.41. The van der Waals surface area contributed by atoms with Crippen LogP contribution in [0.25, 0.3) is 0 Å². The quantitative estimate of drug-likeness (QED) is 0.826. The van der Waals surface area contributed by atoms with Crippen LogP contribution in [0.1, 0.15) is 53.9 Å². The van der Waals surface area contributed by atoms with E-state index in [9.17, 15) is 9.59 Å². The van der Waals surface area contributed by atoms with Gasteiger partial charge in [0.15, 0.2) is 0 Å². The molecule has 1 rings (SSSR count). The molecule has 21 heavy (non-hydrogen) atoms. The summed E-state index contributed by atoms with van der Waals surface area (Å²) in [4.78, 5) is 26.4. The van der Waals surface area contributed by atoms with E-state index in [0.717, 1.165) is 19.3 Å². The highest BCUT2D eigenvalue weighted by Gasteiger charge is 2.34. The molecule has 0 radical (unpaired) electrons. The number of hydrogen-bond acceptors (Lipinski definition) is 3. The Hall–Kier alpha value is -1.10. The van der Waals surface area contributed by atoms with Crippen LogP contribution in [0.4, 0.5) is 0 Å². The van der Waals surface area contributed by atoms with Crippen LogP contribution in [0.5, 0.6) is 0 Å². The highest BCUT2D eigenvalue weighted by atomic mass is 16.2. The molecule has 122 valence electrons. The fraction of sp³-hybridized carbons (Fsp3) is 0.875. The number of carbonyl (C=O) groups is 2. The number of nitrogens with one attached hydrogen (secondary N) is 1. The summed E-state index contributed by atoms with van der Waals surface area (Å²) < 4.78 is 0. The number of nitrogens with two attached hydrogens (primary N) is 1. The molecule has 1 heterocycles. The van der Waals surface area contributed by atoms with E-state index in [1.807, 2.05) is 39.5 Å². The molecule has 0 saturated carbocycles. The van der Waals surface area contributed by atoms with Crippen LogP contribution < -0.4 is 11.1 Å². The zero-order chi connectivity index (χ0) is 16.3. The van der Waals surface area contributed by atoms with E-state index < -0.39 is 5.41 Å². The summed E-state index contributed by atoms with van der Waals surface area (Å²) >= 11 is 0. The summed E-state index contributed by atoms with van der Waals surface area (Å²) in [6, 6.07) is 0.152. The Morgan fingerprint density at radius 3 is 2.10 bits per heavy atom. The van der Waals surface area contributed by atoms with Gasteiger partial charge in [0.2, 0.25) is 11.8 Å². The molecule has 1 saturated heterocycles. The van der Waals surface area contributed by atoms with Gasteiger partial charge in [0.05, 0.1) is 5.41 Å². The van der Waals surface area contributed by atoms with Crippen molar-refractivity contribution in [2.75, 3.05) is 19.6 Å². The predicted molar refractivity (Wildman–Crippen MR) is 84.7 cm³/mol. The molecular weight excluding hydrogens is 266 g/mol. The van der Waals surface area contributed by atoms with Crippen molar-refractivity contribution < 1.29 is 9.59 Å². The molecular formula is C16H31N3O2. The van der Waals surface area contributed by atoms with Gasteiger partial charge >= 0.3 is 0 Å². The first-order valence-electron chi connectivity index (χ1n) is 7.94. The summed E-state index contributed by atoms with van der Waals surface area (Å²) in [5.41, 5.74) is 4.89. The Kier molecular flexibility index (Phi) is 5.79. The molecule has 0 aromatic heterocycles. The fourth-order valence-corrected chi connectivity index (χ4v) is 2.46. The Morgan fingerprint density at radius 2 is 1.71 bits per heavy atom. The van der Waals surface area contributed by atoms with Crippen molar-refractivity contribution in [3.05, 3.63) is 0 Å².